The van der Waals surface area contributed by atoms with Crippen LogP contribution >= 0.6 is 0 Å². The van der Waals surface area contributed by atoms with E-state index in [9.17, 15) is 0 Å². The first-order valence-electron chi connectivity index (χ1n) is 9.81. The van der Waals surface area contributed by atoms with Gasteiger partial charge in [-0.3, -0.25) is 0 Å². The molecule has 2 rings (SSSR count). The van der Waals surface area contributed by atoms with Crippen molar-refractivity contribution in [1.29, 1.82) is 0 Å². The molecule has 2 aliphatic rings. The van der Waals surface area contributed by atoms with Gasteiger partial charge in [0.1, 0.15) is 0 Å². The van der Waals surface area contributed by atoms with E-state index >= 15 is 0 Å². The molecule has 0 heterocycles. The van der Waals surface area contributed by atoms with Crippen LogP contribution in [0, 0.1) is 23.7 Å². The highest BCUT2D eigenvalue weighted by Gasteiger charge is 2.42. The van der Waals surface area contributed by atoms with Gasteiger partial charge in [-0.2, -0.15) is 0 Å². The standard InChI is InChI=1S/C19H38O3Si/c1-5-6-16-7-11-18(12-8-16)19-13-9-17(10-14-19)15-23(20-2,21-3)22-4/h16-19H,5-15H2,1-4H3/t16-,17-,18-,19-. The molecule has 0 bridgehead atoms. The summed E-state index contributed by atoms with van der Waals surface area (Å²) in [4.78, 5) is 0. The molecule has 4 heteroatoms. The van der Waals surface area contributed by atoms with Gasteiger partial charge in [0.15, 0.2) is 0 Å². The van der Waals surface area contributed by atoms with Gasteiger partial charge in [-0.1, -0.05) is 45.4 Å². The third-order valence-electron chi connectivity index (χ3n) is 6.62. The maximum absolute atomic E-state index is 5.61. The molecule has 0 aromatic carbocycles. The molecule has 0 aromatic heterocycles. The molecule has 0 saturated heterocycles. The Morgan fingerprint density at radius 3 is 1.52 bits per heavy atom. The van der Waals surface area contributed by atoms with Crippen LogP contribution in [0.2, 0.25) is 6.04 Å². The summed E-state index contributed by atoms with van der Waals surface area (Å²) in [6, 6.07) is 0.993. The Balaban J connectivity index is 1.74. The van der Waals surface area contributed by atoms with Gasteiger partial charge in [-0.15, -0.1) is 0 Å². The van der Waals surface area contributed by atoms with Crippen molar-refractivity contribution in [2.24, 2.45) is 23.7 Å². The van der Waals surface area contributed by atoms with Gasteiger partial charge in [0.2, 0.25) is 0 Å². The van der Waals surface area contributed by atoms with Crippen LogP contribution in [0.15, 0.2) is 0 Å². The molecule has 0 radical (unpaired) electrons. The van der Waals surface area contributed by atoms with Crippen molar-refractivity contribution in [3.8, 4) is 0 Å². The summed E-state index contributed by atoms with van der Waals surface area (Å²) in [7, 11) is 2.82. The molecule has 0 N–H and O–H groups in total. The van der Waals surface area contributed by atoms with Gasteiger partial charge in [-0.25, -0.2) is 0 Å². The van der Waals surface area contributed by atoms with E-state index in [0.717, 1.165) is 29.7 Å². The first kappa shape index (κ1) is 19.4. The lowest BCUT2D eigenvalue weighted by molar-refractivity contribution is 0.105. The van der Waals surface area contributed by atoms with Crippen molar-refractivity contribution in [1.82, 2.24) is 0 Å². The summed E-state index contributed by atoms with van der Waals surface area (Å²) in [5.41, 5.74) is 0. The predicted octanol–water partition coefficient (Wildman–Crippen LogP) is 5.28. The Kier molecular flexibility index (Phi) is 8.06. The van der Waals surface area contributed by atoms with Crippen molar-refractivity contribution in [2.45, 2.75) is 77.2 Å². The molecule has 0 amide bonds. The van der Waals surface area contributed by atoms with Gasteiger partial charge in [0.25, 0.3) is 0 Å². The van der Waals surface area contributed by atoms with Crippen molar-refractivity contribution in [3.63, 3.8) is 0 Å². The first-order chi connectivity index (χ1) is 11.2. The lowest BCUT2D eigenvalue weighted by atomic mass is 9.69. The van der Waals surface area contributed by atoms with Crippen molar-refractivity contribution >= 4 is 8.80 Å². The highest BCUT2D eigenvalue weighted by molar-refractivity contribution is 6.60. The Morgan fingerprint density at radius 1 is 0.696 bits per heavy atom. The van der Waals surface area contributed by atoms with Crippen molar-refractivity contribution < 1.29 is 13.3 Å². The number of hydrogen-bond donors (Lipinski definition) is 0. The highest BCUT2D eigenvalue weighted by Crippen LogP contribution is 2.43. The van der Waals surface area contributed by atoms with Crippen LogP contribution in [0.1, 0.15) is 71.1 Å². The van der Waals surface area contributed by atoms with Crippen LogP contribution in [0.25, 0.3) is 0 Å². The van der Waals surface area contributed by atoms with E-state index in [0.29, 0.717) is 0 Å². The summed E-state index contributed by atoms with van der Waals surface area (Å²) >= 11 is 0. The van der Waals surface area contributed by atoms with E-state index in [4.69, 9.17) is 13.3 Å². The average Bonchev–Trinajstić information content (AvgIpc) is 2.61. The maximum atomic E-state index is 5.61. The average molecular weight is 343 g/mol. The van der Waals surface area contributed by atoms with Gasteiger partial charge < -0.3 is 13.3 Å². The minimum atomic E-state index is -2.38. The highest BCUT2D eigenvalue weighted by atomic mass is 28.4. The minimum Gasteiger partial charge on any atom is -0.377 e. The van der Waals surface area contributed by atoms with Crippen LogP contribution in [0.3, 0.4) is 0 Å². The molecule has 0 aliphatic heterocycles. The Morgan fingerprint density at radius 2 is 1.13 bits per heavy atom. The lowest BCUT2D eigenvalue weighted by Gasteiger charge is -2.39. The predicted molar refractivity (Wildman–Crippen MR) is 97.4 cm³/mol. The zero-order valence-electron chi connectivity index (χ0n) is 15.8. The Hall–Kier alpha value is 0.0969. The van der Waals surface area contributed by atoms with Gasteiger partial charge in [0.05, 0.1) is 0 Å². The largest absolute Gasteiger partial charge is 0.500 e. The lowest BCUT2D eigenvalue weighted by Crippen LogP contribution is -2.45. The molecular formula is C19H38O3Si. The smallest absolute Gasteiger partial charge is 0.377 e. The quantitative estimate of drug-likeness (QED) is 0.562. The molecule has 2 saturated carbocycles. The molecule has 0 atom stereocenters. The summed E-state index contributed by atoms with van der Waals surface area (Å²) in [5, 5.41) is 0. The third kappa shape index (κ3) is 5.28. The van der Waals surface area contributed by atoms with Crippen LogP contribution in [0.5, 0.6) is 0 Å². The summed E-state index contributed by atoms with van der Waals surface area (Å²) in [6.07, 6.45) is 14.3. The molecule has 0 spiro atoms. The fourth-order valence-electron chi connectivity index (χ4n) is 5.07. The first-order valence-corrected chi connectivity index (χ1v) is 11.7. The number of rotatable bonds is 8. The monoisotopic (exact) mass is 342 g/mol. The SMILES string of the molecule is CCC[C@H]1CC[C@H]([C@H]2CC[C@H](C[Si](OC)(OC)OC)CC2)CC1. The normalized spacial score (nSPS) is 32.9. The fourth-order valence-corrected chi connectivity index (χ4v) is 7.19. The summed E-state index contributed by atoms with van der Waals surface area (Å²) < 4.78 is 16.8. The summed E-state index contributed by atoms with van der Waals surface area (Å²) in [6.45, 7) is 2.33. The van der Waals surface area contributed by atoms with E-state index in [-0.39, 0.29) is 0 Å². The van der Waals surface area contributed by atoms with Crippen LogP contribution < -0.4 is 0 Å². The summed E-state index contributed by atoms with van der Waals surface area (Å²) in [5.74, 6) is 3.76. The van der Waals surface area contributed by atoms with Crippen LogP contribution in [-0.2, 0) is 13.3 Å². The van der Waals surface area contributed by atoms with Crippen molar-refractivity contribution in [2.75, 3.05) is 21.3 Å². The molecule has 3 nitrogen and oxygen atoms in total. The van der Waals surface area contributed by atoms with E-state index in [1.807, 2.05) is 0 Å². The maximum Gasteiger partial charge on any atom is 0.500 e. The second-order valence-electron chi connectivity index (χ2n) is 7.85. The third-order valence-corrected chi connectivity index (χ3v) is 9.56. The van der Waals surface area contributed by atoms with Crippen LogP contribution in [0.4, 0.5) is 0 Å². The Labute approximate surface area is 144 Å². The van der Waals surface area contributed by atoms with E-state index in [1.54, 1.807) is 21.3 Å². The minimum absolute atomic E-state index is 0.731. The van der Waals surface area contributed by atoms with Crippen molar-refractivity contribution in [3.05, 3.63) is 0 Å². The Bertz CT molecular complexity index is 308. The number of hydrogen-bond acceptors (Lipinski definition) is 3. The molecule has 2 fully saturated rings. The fraction of sp³-hybridized carbons (Fsp3) is 1.00. The molecule has 0 aromatic rings. The zero-order valence-corrected chi connectivity index (χ0v) is 16.8. The van der Waals surface area contributed by atoms with E-state index in [1.165, 1.54) is 64.2 Å². The van der Waals surface area contributed by atoms with Gasteiger partial charge in [-0.05, 0) is 49.4 Å². The van der Waals surface area contributed by atoms with E-state index in [2.05, 4.69) is 6.92 Å². The van der Waals surface area contributed by atoms with Gasteiger partial charge >= 0.3 is 8.80 Å². The van der Waals surface area contributed by atoms with Crippen LogP contribution in [-0.4, -0.2) is 30.1 Å². The molecule has 2 aliphatic carbocycles. The second-order valence-corrected chi connectivity index (χ2v) is 10.8. The molecule has 23 heavy (non-hydrogen) atoms. The molecule has 0 unspecified atom stereocenters. The molecule has 136 valence electrons. The second kappa shape index (κ2) is 9.55. The topological polar surface area (TPSA) is 27.7 Å². The van der Waals surface area contributed by atoms with Gasteiger partial charge in [0, 0.05) is 27.4 Å². The molecular weight excluding hydrogens is 304 g/mol. The zero-order chi connectivity index (χ0) is 16.7. The van der Waals surface area contributed by atoms with E-state index < -0.39 is 8.80 Å².